The maximum Gasteiger partial charge on any atom is 0.279 e. The van der Waals surface area contributed by atoms with Crippen LogP contribution < -0.4 is 25.1 Å². The number of hydrogen-bond acceptors (Lipinski definition) is 5. The molecule has 0 unspecified atom stereocenters. The lowest BCUT2D eigenvalue weighted by molar-refractivity contribution is -0.131. The van der Waals surface area contributed by atoms with Gasteiger partial charge in [0.1, 0.15) is 11.6 Å². The second kappa shape index (κ2) is 9.96. The second-order valence-corrected chi connectivity index (χ2v) is 5.64. The predicted molar refractivity (Wildman–Crippen MR) is 101 cm³/mol. The summed E-state index contributed by atoms with van der Waals surface area (Å²) in [4.78, 5) is 23.8. The SMILES string of the molecule is COc1ccc(/C=C/C(=O)NNC(=O)[C@@H](C)Oc2ccc(F)cc2)cc1OC. The van der Waals surface area contributed by atoms with E-state index >= 15 is 0 Å². The molecule has 0 aliphatic heterocycles. The van der Waals surface area contributed by atoms with Crippen molar-refractivity contribution in [3.05, 3.63) is 59.9 Å². The summed E-state index contributed by atoms with van der Waals surface area (Å²) in [6.45, 7) is 1.50. The third kappa shape index (κ3) is 6.01. The number of carbonyl (C=O) groups is 2. The van der Waals surface area contributed by atoms with Gasteiger partial charge in [-0.3, -0.25) is 20.4 Å². The number of hydrogen-bond donors (Lipinski definition) is 2. The van der Waals surface area contributed by atoms with Gasteiger partial charge in [-0.1, -0.05) is 6.07 Å². The molecule has 2 rings (SSSR count). The van der Waals surface area contributed by atoms with E-state index in [2.05, 4.69) is 10.9 Å². The van der Waals surface area contributed by atoms with Crippen LogP contribution in [0.4, 0.5) is 4.39 Å². The van der Waals surface area contributed by atoms with E-state index in [1.54, 1.807) is 24.3 Å². The lowest BCUT2D eigenvalue weighted by atomic mass is 10.2. The molecule has 0 saturated heterocycles. The minimum absolute atomic E-state index is 0.337. The first kappa shape index (κ1) is 20.8. The molecule has 0 spiro atoms. The number of carbonyl (C=O) groups excluding carboxylic acids is 2. The molecule has 1 atom stereocenters. The van der Waals surface area contributed by atoms with Crippen LogP contribution in [-0.2, 0) is 9.59 Å². The van der Waals surface area contributed by atoms with Crippen LogP contribution in [0.2, 0.25) is 0 Å². The van der Waals surface area contributed by atoms with Crippen LogP contribution in [0.1, 0.15) is 12.5 Å². The zero-order chi connectivity index (χ0) is 20.5. The predicted octanol–water partition coefficient (Wildman–Crippen LogP) is 2.47. The molecule has 8 heteroatoms. The first-order valence-corrected chi connectivity index (χ1v) is 8.35. The van der Waals surface area contributed by atoms with E-state index in [1.807, 2.05) is 0 Å². The Morgan fingerprint density at radius 3 is 2.32 bits per heavy atom. The molecule has 28 heavy (non-hydrogen) atoms. The van der Waals surface area contributed by atoms with Crippen LogP contribution >= 0.6 is 0 Å². The number of hydrazine groups is 1. The molecule has 0 bridgehead atoms. The zero-order valence-electron chi connectivity index (χ0n) is 15.7. The monoisotopic (exact) mass is 388 g/mol. The van der Waals surface area contributed by atoms with E-state index in [0.717, 1.165) is 0 Å². The summed E-state index contributed by atoms with van der Waals surface area (Å²) in [5, 5.41) is 0. The van der Waals surface area contributed by atoms with Crippen molar-refractivity contribution >= 4 is 17.9 Å². The molecule has 2 amide bonds. The average Bonchev–Trinajstić information content (AvgIpc) is 2.71. The molecule has 0 aliphatic rings. The third-order valence-corrected chi connectivity index (χ3v) is 3.64. The highest BCUT2D eigenvalue weighted by Crippen LogP contribution is 2.27. The summed E-state index contributed by atoms with van der Waals surface area (Å²) in [6.07, 6.45) is 1.93. The molecule has 0 radical (unpaired) electrons. The number of nitrogens with one attached hydrogen (secondary N) is 2. The van der Waals surface area contributed by atoms with Crippen LogP contribution in [-0.4, -0.2) is 32.1 Å². The molecule has 2 N–H and O–H groups in total. The largest absolute Gasteiger partial charge is 0.493 e. The van der Waals surface area contributed by atoms with Crippen molar-refractivity contribution in [2.24, 2.45) is 0 Å². The number of amides is 2. The standard InChI is InChI=1S/C20H21FN2O5/c1-13(28-16-8-6-15(21)7-9-16)20(25)23-22-19(24)11-5-14-4-10-17(26-2)18(12-14)27-3/h4-13H,1-3H3,(H,22,24)(H,23,25)/b11-5+/t13-/m1/s1. The van der Waals surface area contributed by atoms with Crippen LogP contribution in [0.3, 0.4) is 0 Å². The van der Waals surface area contributed by atoms with Gasteiger partial charge >= 0.3 is 0 Å². The van der Waals surface area contributed by atoms with Crippen molar-refractivity contribution in [3.8, 4) is 17.2 Å². The Morgan fingerprint density at radius 1 is 1.00 bits per heavy atom. The fourth-order valence-corrected chi connectivity index (χ4v) is 2.17. The summed E-state index contributed by atoms with van der Waals surface area (Å²) >= 11 is 0. The topological polar surface area (TPSA) is 85.9 Å². The molecule has 0 aliphatic carbocycles. The van der Waals surface area contributed by atoms with Gasteiger partial charge < -0.3 is 14.2 Å². The highest BCUT2D eigenvalue weighted by molar-refractivity contribution is 5.93. The summed E-state index contributed by atoms with van der Waals surface area (Å²) in [5.74, 6) is -0.0485. The molecule has 7 nitrogen and oxygen atoms in total. The first-order valence-electron chi connectivity index (χ1n) is 8.35. The zero-order valence-corrected chi connectivity index (χ0v) is 15.7. The van der Waals surface area contributed by atoms with Gasteiger partial charge in [0.05, 0.1) is 14.2 Å². The Bertz CT molecular complexity index is 852. The van der Waals surface area contributed by atoms with E-state index in [0.29, 0.717) is 22.8 Å². The maximum absolute atomic E-state index is 12.9. The Morgan fingerprint density at radius 2 is 1.68 bits per heavy atom. The fourth-order valence-electron chi connectivity index (χ4n) is 2.17. The van der Waals surface area contributed by atoms with E-state index in [-0.39, 0.29) is 0 Å². The molecule has 0 fully saturated rings. The molecule has 0 saturated carbocycles. The van der Waals surface area contributed by atoms with Crippen molar-refractivity contribution < 1.29 is 28.2 Å². The van der Waals surface area contributed by atoms with Gasteiger partial charge in [0, 0.05) is 6.08 Å². The van der Waals surface area contributed by atoms with Gasteiger partial charge in [-0.25, -0.2) is 4.39 Å². The van der Waals surface area contributed by atoms with Gasteiger partial charge in [-0.15, -0.1) is 0 Å². The van der Waals surface area contributed by atoms with Crippen molar-refractivity contribution in [1.82, 2.24) is 10.9 Å². The van der Waals surface area contributed by atoms with Gasteiger partial charge in [0.15, 0.2) is 17.6 Å². The van der Waals surface area contributed by atoms with Crippen LogP contribution in [0.15, 0.2) is 48.5 Å². The Balaban J connectivity index is 1.84. The number of benzene rings is 2. The van der Waals surface area contributed by atoms with Gasteiger partial charge in [-0.2, -0.15) is 0 Å². The highest BCUT2D eigenvalue weighted by atomic mass is 19.1. The molecular formula is C20H21FN2O5. The Kier molecular flexibility index (Phi) is 7.38. The van der Waals surface area contributed by atoms with E-state index in [4.69, 9.17) is 14.2 Å². The maximum atomic E-state index is 12.9. The smallest absolute Gasteiger partial charge is 0.279 e. The van der Waals surface area contributed by atoms with Gasteiger partial charge in [0.2, 0.25) is 0 Å². The highest BCUT2D eigenvalue weighted by Gasteiger charge is 2.15. The molecule has 0 aromatic heterocycles. The van der Waals surface area contributed by atoms with Crippen LogP contribution in [0.25, 0.3) is 6.08 Å². The van der Waals surface area contributed by atoms with Crippen molar-refractivity contribution in [3.63, 3.8) is 0 Å². The normalized spacial score (nSPS) is 11.6. The van der Waals surface area contributed by atoms with Crippen LogP contribution in [0.5, 0.6) is 17.2 Å². The van der Waals surface area contributed by atoms with E-state index < -0.39 is 23.7 Å². The molecule has 148 valence electrons. The molecular weight excluding hydrogens is 367 g/mol. The lowest BCUT2D eigenvalue weighted by Crippen LogP contribution is -2.46. The average molecular weight is 388 g/mol. The summed E-state index contributed by atoms with van der Waals surface area (Å²) in [6, 6.07) is 10.4. The van der Waals surface area contributed by atoms with Crippen LogP contribution in [0, 0.1) is 5.82 Å². The van der Waals surface area contributed by atoms with Crippen molar-refractivity contribution in [2.75, 3.05) is 14.2 Å². The minimum Gasteiger partial charge on any atom is -0.493 e. The Hall–Kier alpha value is -3.55. The van der Waals surface area contributed by atoms with Crippen molar-refractivity contribution in [2.45, 2.75) is 13.0 Å². The number of halogens is 1. The van der Waals surface area contributed by atoms with Crippen molar-refractivity contribution in [1.29, 1.82) is 0 Å². The Labute approximate surface area is 162 Å². The summed E-state index contributed by atoms with van der Waals surface area (Å²) in [5.41, 5.74) is 5.23. The van der Waals surface area contributed by atoms with E-state index in [9.17, 15) is 14.0 Å². The summed E-state index contributed by atoms with van der Waals surface area (Å²) < 4.78 is 28.6. The molecule has 2 aromatic rings. The molecule has 0 heterocycles. The lowest BCUT2D eigenvalue weighted by Gasteiger charge is -2.14. The van der Waals surface area contributed by atoms with E-state index in [1.165, 1.54) is 51.5 Å². The van der Waals surface area contributed by atoms with Gasteiger partial charge in [-0.05, 0) is 55.0 Å². The third-order valence-electron chi connectivity index (χ3n) is 3.64. The summed E-state index contributed by atoms with van der Waals surface area (Å²) in [7, 11) is 3.05. The molecule has 2 aromatic carbocycles. The fraction of sp³-hybridized carbons (Fsp3) is 0.200. The number of rotatable bonds is 7. The number of ether oxygens (including phenoxy) is 3. The number of methoxy groups -OCH3 is 2. The quantitative estimate of drug-likeness (QED) is 0.562. The minimum atomic E-state index is -0.888. The second-order valence-electron chi connectivity index (χ2n) is 5.64. The first-order chi connectivity index (χ1) is 13.4. The van der Waals surface area contributed by atoms with Gasteiger partial charge in [0.25, 0.3) is 11.8 Å².